The van der Waals surface area contributed by atoms with Gasteiger partial charge in [0.05, 0.1) is 5.52 Å². The maximum atomic E-state index is 9.43. The Kier molecular flexibility index (Phi) is 4.47. The van der Waals surface area contributed by atoms with E-state index >= 15 is 0 Å². The molecule has 25 heavy (non-hydrogen) atoms. The maximum absolute atomic E-state index is 9.43. The first-order valence-electron chi connectivity index (χ1n) is 8.49. The van der Waals surface area contributed by atoms with Crippen molar-refractivity contribution in [3.05, 3.63) is 65.3 Å². The van der Waals surface area contributed by atoms with Gasteiger partial charge < -0.3 is 10.0 Å². The molecule has 0 radical (unpaired) electrons. The molecular formula is C20H20ClN3O. The van der Waals surface area contributed by atoms with Crippen LogP contribution in [0.5, 0.6) is 5.75 Å². The van der Waals surface area contributed by atoms with E-state index in [2.05, 4.69) is 20.9 Å². The molecule has 1 aliphatic heterocycles. The van der Waals surface area contributed by atoms with Gasteiger partial charge in [-0.3, -0.25) is 9.88 Å². The zero-order chi connectivity index (χ0) is 17.2. The fraction of sp³-hybridized carbons (Fsp3) is 0.250. The molecule has 0 saturated carbocycles. The van der Waals surface area contributed by atoms with Crippen molar-refractivity contribution in [2.75, 3.05) is 31.1 Å². The number of halogens is 1. The van der Waals surface area contributed by atoms with Crippen molar-refractivity contribution in [3.8, 4) is 5.75 Å². The van der Waals surface area contributed by atoms with E-state index in [1.807, 2.05) is 36.5 Å². The first-order valence-corrected chi connectivity index (χ1v) is 8.87. The monoisotopic (exact) mass is 353 g/mol. The third-order valence-corrected chi connectivity index (χ3v) is 5.11. The molecule has 0 bridgehead atoms. The van der Waals surface area contributed by atoms with Crippen LogP contribution in [0.15, 0.2) is 54.7 Å². The molecule has 2 heterocycles. The number of hydrogen-bond acceptors (Lipinski definition) is 4. The third-order valence-electron chi connectivity index (χ3n) is 4.78. The Morgan fingerprint density at radius 1 is 0.960 bits per heavy atom. The van der Waals surface area contributed by atoms with Gasteiger partial charge in [0.1, 0.15) is 5.75 Å². The van der Waals surface area contributed by atoms with Gasteiger partial charge in [-0.25, -0.2) is 0 Å². The Labute approximate surface area is 152 Å². The van der Waals surface area contributed by atoms with E-state index in [4.69, 9.17) is 11.6 Å². The summed E-state index contributed by atoms with van der Waals surface area (Å²) in [5, 5.41) is 11.2. The van der Waals surface area contributed by atoms with E-state index < -0.39 is 0 Å². The first kappa shape index (κ1) is 16.2. The molecule has 1 aromatic heterocycles. The minimum absolute atomic E-state index is 0.310. The second-order valence-electron chi connectivity index (χ2n) is 6.39. The Balaban J connectivity index is 1.45. The smallest absolute Gasteiger partial charge is 0.115 e. The molecular weight excluding hydrogens is 334 g/mol. The number of nitrogens with zero attached hydrogens (tertiary/aromatic N) is 3. The lowest BCUT2D eigenvalue weighted by Gasteiger charge is -2.36. The van der Waals surface area contributed by atoms with Gasteiger partial charge in [-0.15, -0.1) is 0 Å². The number of hydrogen-bond donors (Lipinski definition) is 1. The Morgan fingerprint density at radius 2 is 1.72 bits per heavy atom. The normalized spacial score (nSPS) is 15.6. The predicted octanol–water partition coefficient (Wildman–Crippen LogP) is 3.92. The van der Waals surface area contributed by atoms with Gasteiger partial charge in [0.2, 0.25) is 0 Å². The largest absolute Gasteiger partial charge is 0.508 e. The van der Waals surface area contributed by atoms with Gasteiger partial charge in [-0.2, -0.15) is 0 Å². The number of aromatic nitrogens is 1. The summed E-state index contributed by atoms with van der Waals surface area (Å²) in [6, 6.07) is 15.4. The van der Waals surface area contributed by atoms with E-state index in [-0.39, 0.29) is 0 Å². The number of piperazine rings is 1. The number of aromatic hydroxyl groups is 1. The fourth-order valence-electron chi connectivity index (χ4n) is 3.39. The summed E-state index contributed by atoms with van der Waals surface area (Å²) in [5.41, 5.74) is 3.38. The van der Waals surface area contributed by atoms with Crippen LogP contribution < -0.4 is 4.90 Å². The minimum atomic E-state index is 0.310. The molecule has 1 N–H and O–H groups in total. The standard InChI is InChI=1S/C20H20ClN3O/c21-19-8-3-15(20-18(19)2-1-9-22-20)14-23-10-12-24(13-11-23)16-4-6-17(25)7-5-16/h1-9,25H,10-14H2. The van der Waals surface area contributed by atoms with E-state index in [0.29, 0.717) is 5.75 Å². The van der Waals surface area contributed by atoms with Crippen LogP contribution in [-0.2, 0) is 6.54 Å². The lowest BCUT2D eigenvalue weighted by molar-refractivity contribution is 0.250. The van der Waals surface area contributed by atoms with Crippen LogP contribution in [0, 0.1) is 0 Å². The SMILES string of the molecule is Oc1ccc(N2CCN(Cc3ccc(Cl)c4cccnc34)CC2)cc1. The summed E-state index contributed by atoms with van der Waals surface area (Å²) < 4.78 is 0. The molecule has 4 nitrogen and oxygen atoms in total. The van der Waals surface area contributed by atoms with Gasteiger partial charge in [0, 0.05) is 55.0 Å². The number of phenols is 1. The molecule has 0 atom stereocenters. The second kappa shape index (κ2) is 6.90. The van der Waals surface area contributed by atoms with Crippen molar-refractivity contribution in [3.63, 3.8) is 0 Å². The summed E-state index contributed by atoms with van der Waals surface area (Å²) in [4.78, 5) is 9.34. The molecule has 3 aromatic rings. The van der Waals surface area contributed by atoms with Crippen LogP contribution in [0.4, 0.5) is 5.69 Å². The van der Waals surface area contributed by atoms with Crippen LogP contribution in [0.2, 0.25) is 5.02 Å². The second-order valence-corrected chi connectivity index (χ2v) is 6.79. The molecule has 0 spiro atoms. The number of phenolic OH excluding ortho intramolecular Hbond substituents is 1. The van der Waals surface area contributed by atoms with Crippen LogP contribution in [-0.4, -0.2) is 41.2 Å². The predicted molar refractivity (Wildman–Crippen MR) is 102 cm³/mol. The number of anilines is 1. The van der Waals surface area contributed by atoms with Crippen molar-refractivity contribution in [1.82, 2.24) is 9.88 Å². The van der Waals surface area contributed by atoms with E-state index in [9.17, 15) is 5.11 Å². The van der Waals surface area contributed by atoms with Crippen LogP contribution in [0.25, 0.3) is 10.9 Å². The topological polar surface area (TPSA) is 39.6 Å². The maximum Gasteiger partial charge on any atom is 0.115 e. The molecule has 1 saturated heterocycles. The summed E-state index contributed by atoms with van der Waals surface area (Å²) in [6.45, 7) is 4.83. The van der Waals surface area contributed by atoms with E-state index in [0.717, 1.165) is 54.3 Å². The van der Waals surface area contributed by atoms with Crippen LogP contribution >= 0.6 is 11.6 Å². The van der Waals surface area contributed by atoms with Crippen molar-refractivity contribution in [1.29, 1.82) is 0 Å². The molecule has 0 aliphatic carbocycles. The van der Waals surface area contributed by atoms with Crippen LogP contribution in [0.3, 0.4) is 0 Å². The van der Waals surface area contributed by atoms with Gasteiger partial charge >= 0.3 is 0 Å². The van der Waals surface area contributed by atoms with Gasteiger partial charge in [-0.05, 0) is 48.0 Å². The Hall–Kier alpha value is -2.30. The number of fused-ring (bicyclic) bond motifs is 1. The van der Waals surface area contributed by atoms with Crippen molar-refractivity contribution in [2.24, 2.45) is 0 Å². The molecule has 0 amide bonds. The number of benzene rings is 2. The number of pyridine rings is 1. The third kappa shape index (κ3) is 3.41. The highest BCUT2D eigenvalue weighted by molar-refractivity contribution is 6.35. The van der Waals surface area contributed by atoms with Crippen molar-refractivity contribution in [2.45, 2.75) is 6.54 Å². The lowest BCUT2D eigenvalue weighted by atomic mass is 10.1. The highest BCUT2D eigenvalue weighted by Crippen LogP contribution is 2.26. The lowest BCUT2D eigenvalue weighted by Crippen LogP contribution is -2.46. The summed E-state index contributed by atoms with van der Waals surface area (Å²) in [7, 11) is 0. The van der Waals surface area contributed by atoms with Crippen LogP contribution in [0.1, 0.15) is 5.56 Å². The average molecular weight is 354 g/mol. The number of rotatable bonds is 3. The van der Waals surface area contributed by atoms with E-state index in [1.165, 1.54) is 5.56 Å². The van der Waals surface area contributed by atoms with Crippen molar-refractivity contribution < 1.29 is 5.11 Å². The highest BCUT2D eigenvalue weighted by atomic mass is 35.5. The molecule has 4 rings (SSSR count). The fourth-order valence-corrected chi connectivity index (χ4v) is 3.61. The molecule has 128 valence electrons. The van der Waals surface area contributed by atoms with Crippen molar-refractivity contribution >= 4 is 28.2 Å². The first-order chi connectivity index (χ1) is 12.2. The molecule has 5 heteroatoms. The molecule has 1 aliphatic rings. The summed E-state index contributed by atoms with van der Waals surface area (Å²) in [5.74, 6) is 0.310. The zero-order valence-corrected chi connectivity index (χ0v) is 14.7. The Morgan fingerprint density at radius 3 is 2.48 bits per heavy atom. The molecule has 0 unspecified atom stereocenters. The molecule has 1 fully saturated rings. The minimum Gasteiger partial charge on any atom is -0.508 e. The van der Waals surface area contributed by atoms with E-state index in [1.54, 1.807) is 12.1 Å². The van der Waals surface area contributed by atoms with Gasteiger partial charge in [0.25, 0.3) is 0 Å². The Bertz CT molecular complexity index is 874. The van der Waals surface area contributed by atoms with Gasteiger partial charge in [0.15, 0.2) is 0 Å². The quantitative estimate of drug-likeness (QED) is 0.774. The summed E-state index contributed by atoms with van der Waals surface area (Å²) in [6.07, 6.45) is 1.82. The highest BCUT2D eigenvalue weighted by Gasteiger charge is 2.18. The zero-order valence-electron chi connectivity index (χ0n) is 13.9. The van der Waals surface area contributed by atoms with Gasteiger partial charge in [-0.1, -0.05) is 17.7 Å². The average Bonchev–Trinajstić information content (AvgIpc) is 2.66. The summed E-state index contributed by atoms with van der Waals surface area (Å²) >= 11 is 6.29. The molecule has 2 aromatic carbocycles.